The highest BCUT2D eigenvalue weighted by molar-refractivity contribution is 6.00. The Morgan fingerprint density at radius 1 is 1.16 bits per heavy atom. The van der Waals surface area contributed by atoms with Gasteiger partial charge in [-0.2, -0.15) is 0 Å². The maximum atomic E-state index is 11.3. The fourth-order valence-electron chi connectivity index (χ4n) is 4.25. The standard InChI is InChI=1S/C25H29N3O4/c1-31-24-9-6-18(14-27-24)20-7-8-23(22-5-3-2-4-21(20)22)32-16-19(29)15-28-12-10-17(11-13-28)25(26)30/h2-9,14,17,19,29H,10-13,15-16H2,1H3,(H2,26,30). The van der Waals surface area contributed by atoms with Crippen LogP contribution in [0.25, 0.3) is 21.9 Å². The molecule has 0 aliphatic carbocycles. The molecule has 7 nitrogen and oxygen atoms in total. The Labute approximate surface area is 187 Å². The molecule has 0 radical (unpaired) electrons. The number of hydrogen-bond donors (Lipinski definition) is 2. The molecule has 1 aliphatic rings. The van der Waals surface area contributed by atoms with E-state index in [1.807, 2.05) is 42.5 Å². The van der Waals surface area contributed by atoms with E-state index in [4.69, 9.17) is 15.2 Å². The molecule has 4 rings (SSSR count). The number of ether oxygens (including phenoxy) is 2. The van der Waals surface area contributed by atoms with E-state index in [9.17, 15) is 9.90 Å². The number of β-amino-alcohol motifs (C(OH)–C–C–N with tert-alkyl or cyclic N) is 1. The lowest BCUT2D eigenvalue weighted by Crippen LogP contribution is -2.43. The third-order valence-corrected chi connectivity index (χ3v) is 6.03. The fourth-order valence-corrected chi connectivity index (χ4v) is 4.25. The van der Waals surface area contributed by atoms with Gasteiger partial charge in [0.1, 0.15) is 18.5 Å². The third kappa shape index (κ3) is 5.00. The van der Waals surface area contributed by atoms with E-state index >= 15 is 0 Å². The van der Waals surface area contributed by atoms with Crippen molar-refractivity contribution in [2.45, 2.75) is 18.9 Å². The summed E-state index contributed by atoms with van der Waals surface area (Å²) >= 11 is 0. The molecule has 0 saturated carbocycles. The number of aliphatic hydroxyl groups is 1. The molecule has 1 fully saturated rings. The Balaban J connectivity index is 1.43. The zero-order valence-corrected chi connectivity index (χ0v) is 18.2. The van der Waals surface area contributed by atoms with Crippen LogP contribution in [0.15, 0.2) is 54.7 Å². The molecule has 0 spiro atoms. The van der Waals surface area contributed by atoms with Crippen LogP contribution in [-0.4, -0.2) is 60.4 Å². The molecular weight excluding hydrogens is 406 g/mol. The smallest absolute Gasteiger partial charge is 0.220 e. The zero-order valence-electron chi connectivity index (χ0n) is 18.2. The topological polar surface area (TPSA) is 97.9 Å². The number of carbonyl (C=O) groups excluding carboxylic acids is 1. The minimum atomic E-state index is -0.621. The predicted octanol–water partition coefficient (Wildman–Crippen LogP) is 2.85. The van der Waals surface area contributed by atoms with E-state index < -0.39 is 6.10 Å². The number of nitrogens with two attached hydrogens (primary N) is 1. The predicted molar refractivity (Wildman–Crippen MR) is 124 cm³/mol. The van der Waals surface area contributed by atoms with Crippen molar-refractivity contribution in [1.29, 1.82) is 0 Å². The van der Waals surface area contributed by atoms with Gasteiger partial charge in [0.2, 0.25) is 11.8 Å². The second kappa shape index (κ2) is 9.97. The van der Waals surface area contributed by atoms with E-state index in [0.29, 0.717) is 12.4 Å². The first-order valence-corrected chi connectivity index (χ1v) is 10.9. The summed E-state index contributed by atoms with van der Waals surface area (Å²) in [5.74, 6) is 1.03. The Morgan fingerprint density at radius 3 is 2.56 bits per heavy atom. The van der Waals surface area contributed by atoms with Crippen LogP contribution in [0.4, 0.5) is 0 Å². The van der Waals surface area contributed by atoms with Gasteiger partial charge in [-0.1, -0.05) is 24.3 Å². The summed E-state index contributed by atoms with van der Waals surface area (Å²) in [4.78, 5) is 17.8. The van der Waals surface area contributed by atoms with Gasteiger partial charge in [0, 0.05) is 35.7 Å². The van der Waals surface area contributed by atoms with Crippen molar-refractivity contribution in [2.24, 2.45) is 11.7 Å². The van der Waals surface area contributed by atoms with Crippen LogP contribution in [0.2, 0.25) is 0 Å². The molecule has 1 unspecified atom stereocenters. The molecule has 1 saturated heterocycles. The number of piperidine rings is 1. The third-order valence-electron chi connectivity index (χ3n) is 6.03. The van der Waals surface area contributed by atoms with Gasteiger partial charge < -0.3 is 25.2 Å². The van der Waals surface area contributed by atoms with Crippen molar-refractivity contribution in [3.63, 3.8) is 0 Å². The van der Waals surface area contributed by atoms with Crippen molar-refractivity contribution < 1.29 is 19.4 Å². The molecule has 1 amide bonds. The van der Waals surface area contributed by atoms with Gasteiger partial charge in [0.15, 0.2) is 0 Å². The summed E-state index contributed by atoms with van der Waals surface area (Å²) in [5, 5.41) is 12.6. The number of nitrogens with zero attached hydrogens (tertiary/aromatic N) is 2. The molecule has 1 aromatic heterocycles. The summed E-state index contributed by atoms with van der Waals surface area (Å²) in [6.07, 6.45) is 2.67. The van der Waals surface area contributed by atoms with Crippen LogP contribution in [0, 0.1) is 5.92 Å². The van der Waals surface area contributed by atoms with Gasteiger partial charge in [-0.25, -0.2) is 4.98 Å². The lowest BCUT2D eigenvalue weighted by Gasteiger charge is -2.31. The number of primary amides is 1. The number of likely N-dealkylation sites (tertiary alicyclic amines) is 1. The lowest BCUT2D eigenvalue weighted by atomic mass is 9.96. The minimum absolute atomic E-state index is 0.0505. The lowest BCUT2D eigenvalue weighted by molar-refractivity contribution is -0.123. The van der Waals surface area contributed by atoms with Crippen molar-refractivity contribution in [1.82, 2.24) is 9.88 Å². The van der Waals surface area contributed by atoms with Crippen molar-refractivity contribution in [3.05, 3.63) is 54.7 Å². The molecular formula is C25H29N3O4. The summed E-state index contributed by atoms with van der Waals surface area (Å²) < 4.78 is 11.2. The highest BCUT2D eigenvalue weighted by Crippen LogP contribution is 2.34. The number of aliphatic hydroxyl groups excluding tert-OH is 1. The minimum Gasteiger partial charge on any atom is -0.490 e. The normalized spacial score (nSPS) is 16.1. The zero-order chi connectivity index (χ0) is 22.5. The average molecular weight is 436 g/mol. The summed E-state index contributed by atoms with van der Waals surface area (Å²) in [6.45, 7) is 2.23. The van der Waals surface area contributed by atoms with E-state index in [-0.39, 0.29) is 18.4 Å². The number of hydrogen-bond acceptors (Lipinski definition) is 6. The van der Waals surface area contributed by atoms with E-state index in [2.05, 4.69) is 16.0 Å². The van der Waals surface area contributed by atoms with Gasteiger partial charge >= 0.3 is 0 Å². The average Bonchev–Trinajstić information content (AvgIpc) is 2.83. The monoisotopic (exact) mass is 435 g/mol. The van der Waals surface area contributed by atoms with E-state index in [1.165, 1.54) is 0 Å². The molecule has 3 N–H and O–H groups in total. The second-order valence-electron chi connectivity index (χ2n) is 8.19. The maximum Gasteiger partial charge on any atom is 0.220 e. The quantitative estimate of drug-likeness (QED) is 0.565. The second-order valence-corrected chi connectivity index (χ2v) is 8.19. The Hall–Kier alpha value is -3.16. The van der Waals surface area contributed by atoms with Crippen molar-refractivity contribution >= 4 is 16.7 Å². The van der Waals surface area contributed by atoms with Crippen LogP contribution < -0.4 is 15.2 Å². The van der Waals surface area contributed by atoms with Crippen LogP contribution in [0.3, 0.4) is 0 Å². The molecule has 2 heterocycles. The number of rotatable bonds is 8. The van der Waals surface area contributed by atoms with Crippen LogP contribution in [-0.2, 0) is 4.79 Å². The van der Waals surface area contributed by atoms with Crippen LogP contribution >= 0.6 is 0 Å². The van der Waals surface area contributed by atoms with E-state index in [1.54, 1.807) is 13.3 Å². The number of benzene rings is 2. The molecule has 32 heavy (non-hydrogen) atoms. The van der Waals surface area contributed by atoms with Gasteiger partial charge in [-0.3, -0.25) is 4.79 Å². The van der Waals surface area contributed by atoms with Crippen LogP contribution in [0.5, 0.6) is 11.6 Å². The Morgan fingerprint density at radius 2 is 1.91 bits per heavy atom. The molecule has 2 aromatic carbocycles. The molecule has 3 aromatic rings. The number of fused-ring (bicyclic) bond motifs is 1. The van der Waals surface area contributed by atoms with Gasteiger partial charge in [-0.15, -0.1) is 0 Å². The fraction of sp³-hybridized carbons (Fsp3) is 0.360. The molecule has 1 atom stereocenters. The summed E-state index contributed by atoms with van der Waals surface area (Å²) in [7, 11) is 1.60. The highest BCUT2D eigenvalue weighted by atomic mass is 16.5. The summed E-state index contributed by atoms with van der Waals surface area (Å²) in [6, 6.07) is 15.8. The van der Waals surface area contributed by atoms with E-state index in [0.717, 1.165) is 53.6 Å². The summed E-state index contributed by atoms with van der Waals surface area (Å²) in [5.41, 5.74) is 7.45. The molecule has 168 valence electrons. The van der Waals surface area contributed by atoms with Gasteiger partial charge in [0.25, 0.3) is 0 Å². The molecule has 1 aliphatic heterocycles. The molecule has 0 bridgehead atoms. The molecule has 7 heteroatoms. The van der Waals surface area contributed by atoms with Crippen molar-refractivity contribution in [2.75, 3.05) is 33.4 Å². The Bertz CT molecular complexity index is 1060. The van der Waals surface area contributed by atoms with Crippen molar-refractivity contribution in [3.8, 4) is 22.8 Å². The maximum absolute atomic E-state index is 11.3. The first-order valence-electron chi connectivity index (χ1n) is 10.9. The number of amides is 1. The number of aromatic nitrogens is 1. The largest absolute Gasteiger partial charge is 0.490 e. The number of carbonyl (C=O) groups is 1. The van der Waals surface area contributed by atoms with Gasteiger partial charge in [0.05, 0.1) is 7.11 Å². The first-order chi connectivity index (χ1) is 15.5. The number of pyridine rings is 1. The SMILES string of the molecule is COc1ccc(-c2ccc(OCC(O)CN3CCC(C(N)=O)CC3)c3ccccc23)cn1. The number of methoxy groups -OCH3 is 1. The Kier molecular flexibility index (Phi) is 6.87. The van der Waals surface area contributed by atoms with Gasteiger partial charge in [-0.05, 0) is 55.1 Å². The van der Waals surface area contributed by atoms with Crippen LogP contribution in [0.1, 0.15) is 12.8 Å². The highest BCUT2D eigenvalue weighted by Gasteiger charge is 2.24. The first kappa shape index (κ1) is 22.0.